The van der Waals surface area contributed by atoms with Gasteiger partial charge in [-0.25, -0.2) is 13.1 Å². The summed E-state index contributed by atoms with van der Waals surface area (Å²) in [6.45, 7) is 9.59. The van der Waals surface area contributed by atoms with Crippen LogP contribution < -0.4 is 4.72 Å². The summed E-state index contributed by atoms with van der Waals surface area (Å²) in [6.07, 6.45) is 7.16. The fourth-order valence-corrected chi connectivity index (χ4v) is 4.17. The maximum atomic E-state index is 12.9. The second-order valence-corrected chi connectivity index (χ2v) is 10.2. The average Bonchev–Trinajstić information content (AvgIpc) is 2.51. The standard InChI is InChI=1S/C20H35NO2S/c1-6-8-9-13-17-20(16-7-2,18-14-11-10-12-15-18)21-24(22,23)19(3,4)5/h10-12,14-15,21H,6-9,13,16-17H2,1-5H3/t20-/m1/s1. The third kappa shape index (κ3) is 5.59. The first kappa shape index (κ1) is 21.2. The van der Waals surface area contributed by atoms with Gasteiger partial charge in [-0.15, -0.1) is 0 Å². The summed E-state index contributed by atoms with van der Waals surface area (Å²) in [5, 5.41) is 0. The Morgan fingerprint density at radius 1 is 0.875 bits per heavy atom. The van der Waals surface area contributed by atoms with Crippen molar-refractivity contribution in [3.63, 3.8) is 0 Å². The monoisotopic (exact) mass is 353 g/mol. The van der Waals surface area contributed by atoms with Crippen molar-refractivity contribution < 1.29 is 8.42 Å². The Kier molecular flexibility index (Phi) is 7.94. The number of sulfonamides is 1. The topological polar surface area (TPSA) is 46.2 Å². The van der Waals surface area contributed by atoms with Crippen molar-refractivity contribution in [3.8, 4) is 0 Å². The number of unbranched alkanes of at least 4 members (excludes halogenated alkanes) is 3. The third-order valence-corrected chi connectivity index (χ3v) is 6.87. The zero-order chi connectivity index (χ0) is 18.3. The number of nitrogens with one attached hydrogen (secondary N) is 1. The Balaban J connectivity index is 3.21. The molecular formula is C20H35NO2S. The molecule has 0 heterocycles. The average molecular weight is 354 g/mol. The molecule has 0 saturated carbocycles. The Bertz CT molecular complexity index is 575. The van der Waals surface area contributed by atoms with E-state index >= 15 is 0 Å². The molecule has 0 fully saturated rings. The minimum atomic E-state index is -3.42. The molecule has 0 amide bonds. The van der Waals surface area contributed by atoms with Crippen molar-refractivity contribution in [1.29, 1.82) is 0 Å². The lowest BCUT2D eigenvalue weighted by atomic mass is 9.82. The van der Waals surface area contributed by atoms with Crippen LogP contribution in [0.4, 0.5) is 0 Å². The summed E-state index contributed by atoms with van der Waals surface area (Å²) in [5.41, 5.74) is 0.576. The van der Waals surface area contributed by atoms with E-state index in [9.17, 15) is 8.42 Å². The molecule has 138 valence electrons. The molecule has 0 aromatic heterocycles. The minimum Gasteiger partial charge on any atom is -0.212 e. The largest absolute Gasteiger partial charge is 0.217 e. The van der Waals surface area contributed by atoms with Gasteiger partial charge < -0.3 is 0 Å². The summed E-state index contributed by atoms with van der Waals surface area (Å²) < 4.78 is 28.1. The molecule has 0 saturated heterocycles. The van der Waals surface area contributed by atoms with Gasteiger partial charge in [0.1, 0.15) is 0 Å². The smallest absolute Gasteiger partial charge is 0.212 e. The predicted molar refractivity (Wildman–Crippen MR) is 104 cm³/mol. The van der Waals surface area contributed by atoms with E-state index in [4.69, 9.17) is 0 Å². The van der Waals surface area contributed by atoms with Crippen LogP contribution in [0.15, 0.2) is 30.3 Å². The molecule has 3 nitrogen and oxygen atoms in total. The highest BCUT2D eigenvalue weighted by Gasteiger charge is 2.39. The van der Waals surface area contributed by atoms with Crippen molar-refractivity contribution in [2.45, 2.75) is 89.9 Å². The second-order valence-electron chi connectivity index (χ2n) is 7.73. The molecule has 0 aliphatic heterocycles. The van der Waals surface area contributed by atoms with Crippen molar-refractivity contribution in [2.24, 2.45) is 0 Å². The van der Waals surface area contributed by atoms with Gasteiger partial charge in [0.25, 0.3) is 0 Å². The molecule has 1 N–H and O–H groups in total. The molecule has 1 atom stereocenters. The van der Waals surface area contributed by atoms with Crippen LogP contribution in [0.5, 0.6) is 0 Å². The van der Waals surface area contributed by atoms with Crippen LogP contribution in [0, 0.1) is 0 Å². The summed E-state index contributed by atoms with van der Waals surface area (Å²) in [6, 6.07) is 10.1. The van der Waals surface area contributed by atoms with Gasteiger partial charge >= 0.3 is 0 Å². The fraction of sp³-hybridized carbons (Fsp3) is 0.700. The van der Waals surface area contributed by atoms with Crippen LogP contribution in [-0.2, 0) is 15.6 Å². The zero-order valence-corrected chi connectivity index (χ0v) is 16.9. The lowest BCUT2D eigenvalue weighted by Gasteiger charge is -2.38. The number of benzene rings is 1. The van der Waals surface area contributed by atoms with E-state index in [1.165, 1.54) is 12.8 Å². The van der Waals surface area contributed by atoms with Gasteiger partial charge in [-0.3, -0.25) is 0 Å². The van der Waals surface area contributed by atoms with Crippen LogP contribution in [-0.4, -0.2) is 13.2 Å². The van der Waals surface area contributed by atoms with Crippen LogP contribution in [0.25, 0.3) is 0 Å². The van der Waals surface area contributed by atoms with E-state index < -0.39 is 20.3 Å². The molecule has 24 heavy (non-hydrogen) atoms. The van der Waals surface area contributed by atoms with Crippen LogP contribution in [0.3, 0.4) is 0 Å². The Hall–Kier alpha value is -0.870. The number of hydrogen-bond acceptors (Lipinski definition) is 2. The first-order valence-electron chi connectivity index (χ1n) is 9.27. The van der Waals surface area contributed by atoms with E-state index in [0.717, 1.165) is 37.7 Å². The van der Waals surface area contributed by atoms with E-state index in [-0.39, 0.29) is 0 Å². The molecule has 0 unspecified atom stereocenters. The van der Waals surface area contributed by atoms with Gasteiger partial charge in [-0.05, 0) is 39.2 Å². The summed E-state index contributed by atoms with van der Waals surface area (Å²) in [4.78, 5) is 0. The third-order valence-electron chi connectivity index (χ3n) is 4.60. The molecule has 4 heteroatoms. The van der Waals surface area contributed by atoms with Crippen LogP contribution >= 0.6 is 0 Å². The minimum absolute atomic E-state index is 0.504. The Morgan fingerprint density at radius 2 is 1.50 bits per heavy atom. The molecule has 0 spiro atoms. The molecule has 1 aromatic rings. The Morgan fingerprint density at radius 3 is 2.00 bits per heavy atom. The Labute approximate surface area is 149 Å². The molecule has 0 bridgehead atoms. The lowest BCUT2D eigenvalue weighted by molar-refractivity contribution is 0.316. The molecule has 0 aliphatic carbocycles. The lowest BCUT2D eigenvalue weighted by Crippen LogP contribution is -2.51. The van der Waals surface area contributed by atoms with Crippen LogP contribution in [0.1, 0.15) is 85.1 Å². The predicted octanol–water partition coefficient (Wildman–Crippen LogP) is 5.37. The van der Waals surface area contributed by atoms with Crippen molar-refractivity contribution in [1.82, 2.24) is 4.72 Å². The van der Waals surface area contributed by atoms with Gasteiger partial charge in [0.15, 0.2) is 0 Å². The van der Waals surface area contributed by atoms with Crippen LogP contribution in [0.2, 0.25) is 0 Å². The van der Waals surface area contributed by atoms with E-state index in [1.54, 1.807) is 20.8 Å². The molecule has 0 radical (unpaired) electrons. The van der Waals surface area contributed by atoms with Crippen molar-refractivity contribution >= 4 is 10.0 Å². The van der Waals surface area contributed by atoms with Gasteiger partial charge in [-0.2, -0.15) is 0 Å². The summed E-state index contributed by atoms with van der Waals surface area (Å²) in [5.74, 6) is 0. The van der Waals surface area contributed by atoms with Crippen molar-refractivity contribution in [3.05, 3.63) is 35.9 Å². The zero-order valence-electron chi connectivity index (χ0n) is 16.1. The summed E-state index contributed by atoms with van der Waals surface area (Å²) >= 11 is 0. The maximum absolute atomic E-state index is 12.9. The van der Waals surface area contributed by atoms with Gasteiger partial charge in [0.05, 0.1) is 10.3 Å². The maximum Gasteiger partial charge on any atom is 0.217 e. The first-order valence-corrected chi connectivity index (χ1v) is 10.8. The fourth-order valence-electron chi connectivity index (χ4n) is 3.02. The van der Waals surface area contributed by atoms with E-state index in [0.29, 0.717) is 0 Å². The van der Waals surface area contributed by atoms with Gasteiger partial charge in [0, 0.05) is 0 Å². The quantitative estimate of drug-likeness (QED) is 0.575. The van der Waals surface area contributed by atoms with Gasteiger partial charge in [0.2, 0.25) is 10.0 Å². The molecular weight excluding hydrogens is 318 g/mol. The first-order chi connectivity index (χ1) is 11.2. The second kappa shape index (κ2) is 9.00. The van der Waals surface area contributed by atoms with Gasteiger partial charge in [-0.1, -0.05) is 76.3 Å². The molecule has 1 aromatic carbocycles. The summed E-state index contributed by atoms with van der Waals surface area (Å²) in [7, 11) is -3.42. The highest BCUT2D eigenvalue weighted by Crippen LogP contribution is 2.35. The normalized spacial score (nSPS) is 15.2. The highest BCUT2D eigenvalue weighted by molar-refractivity contribution is 7.90. The highest BCUT2D eigenvalue weighted by atomic mass is 32.2. The van der Waals surface area contributed by atoms with E-state index in [2.05, 4.69) is 30.7 Å². The molecule has 0 aliphatic rings. The number of rotatable bonds is 10. The number of hydrogen-bond donors (Lipinski definition) is 1. The van der Waals surface area contributed by atoms with E-state index in [1.807, 2.05) is 18.2 Å². The van der Waals surface area contributed by atoms with Crippen molar-refractivity contribution in [2.75, 3.05) is 0 Å². The molecule has 1 rings (SSSR count). The SMILES string of the molecule is CCCCCC[C@@](CCC)(NS(=O)(=O)C(C)(C)C)c1ccccc1.